The van der Waals surface area contributed by atoms with E-state index in [1.54, 1.807) is 16.4 Å². The van der Waals surface area contributed by atoms with Gasteiger partial charge in [-0.2, -0.15) is 4.31 Å². The first-order chi connectivity index (χ1) is 8.50. The summed E-state index contributed by atoms with van der Waals surface area (Å²) < 4.78 is 26.6. The summed E-state index contributed by atoms with van der Waals surface area (Å²) in [6.45, 7) is 5.13. The molecule has 0 spiro atoms. The number of aryl methyl sites for hydroxylation is 1. The summed E-state index contributed by atoms with van der Waals surface area (Å²) in [5.41, 5.74) is 1.08. The Kier molecular flexibility index (Phi) is 4.04. The molecule has 100 valence electrons. The van der Waals surface area contributed by atoms with Gasteiger partial charge in [0.25, 0.3) is 0 Å². The number of nitrogens with one attached hydrogen (secondary N) is 1. The van der Waals surface area contributed by atoms with E-state index in [1.165, 1.54) is 4.90 Å². The van der Waals surface area contributed by atoms with Crippen molar-refractivity contribution in [3.8, 4) is 0 Å². The molecule has 0 amide bonds. The molecule has 1 saturated heterocycles. The van der Waals surface area contributed by atoms with Gasteiger partial charge < -0.3 is 4.90 Å². The van der Waals surface area contributed by atoms with E-state index >= 15 is 0 Å². The van der Waals surface area contributed by atoms with Crippen LogP contribution >= 0.6 is 0 Å². The maximum Gasteiger partial charge on any atom is 0.243 e. The lowest BCUT2D eigenvalue weighted by Crippen LogP contribution is -3.09. The molecule has 1 atom stereocenters. The number of sulfonamides is 1. The summed E-state index contributed by atoms with van der Waals surface area (Å²) >= 11 is 0. The van der Waals surface area contributed by atoms with E-state index in [2.05, 4.69) is 7.05 Å². The van der Waals surface area contributed by atoms with Crippen molar-refractivity contribution in [2.24, 2.45) is 0 Å². The highest BCUT2D eigenvalue weighted by atomic mass is 32.2. The Morgan fingerprint density at radius 3 is 2.44 bits per heavy atom. The molecule has 0 radical (unpaired) electrons. The van der Waals surface area contributed by atoms with Gasteiger partial charge in [0.05, 0.1) is 31.6 Å². The number of likely N-dealkylation sites (N-methyl/N-ethyl adjacent to an activating group) is 1. The van der Waals surface area contributed by atoms with Crippen molar-refractivity contribution in [3.63, 3.8) is 0 Å². The van der Waals surface area contributed by atoms with Gasteiger partial charge in [-0.05, 0) is 19.1 Å². The predicted octanol–water partition coefficient (Wildman–Crippen LogP) is -0.0959. The van der Waals surface area contributed by atoms with Crippen molar-refractivity contribution in [3.05, 3.63) is 29.8 Å². The van der Waals surface area contributed by atoms with E-state index < -0.39 is 10.0 Å². The minimum absolute atomic E-state index is 0.410. The maximum atomic E-state index is 12.5. The highest BCUT2D eigenvalue weighted by molar-refractivity contribution is 7.89. The normalized spacial score (nSPS) is 22.7. The van der Waals surface area contributed by atoms with Crippen molar-refractivity contribution in [2.45, 2.75) is 18.2 Å². The molecule has 1 aliphatic heterocycles. The molecule has 0 saturated carbocycles. The van der Waals surface area contributed by atoms with Gasteiger partial charge in [0.1, 0.15) is 0 Å². The van der Waals surface area contributed by atoms with Gasteiger partial charge >= 0.3 is 0 Å². The summed E-state index contributed by atoms with van der Waals surface area (Å²) in [6, 6.07) is 7.10. The molecule has 1 unspecified atom stereocenters. The van der Waals surface area contributed by atoms with Crippen LogP contribution in [0.25, 0.3) is 0 Å². The first-order valence-electron chi connectivity index (χ1n) is 6.38. The summed E-state index contributed by atoms with van der Waals surface area (Å²) in [6.07, 6.45) is 0.928. The molecule has 1 aromatic rings. The second-order valence-corrected chi connectivity index (χ2v) is 6.97. The lowest BCUT2D eigenvalue weighted by Gasteiger charge is -2.19. The Hall–Kier alpha value is -0.910. The van der Waals surface area contributed by atoms with Crippen LogP contribution < -0.4 is 4.90 Å². The topological polar surface area (TPSA) is 41.8 Å². The molecule has 5 heteroatoms. The number of hydrogen-bond acceptors (Lipinski definition) is 2. The highest BCUT2D eigenvalue weighted by Crippen LogP contribution is 2.16. The number of quaternary nitrogens is 1. The zero-order valence-electron chi connectivity index (χ0n) is 11.0. The fourth-order valence-corrected chi connectivity index (χ4v) is 3.69. The fraction of sp³-hybridized carbons (Fsp3) is 0.538. The minimum Gasteiger partial charge on any atom is -0.336 e. The summed E-state index contributed by atoms with van der Waals surface area (Å²) in [4.78, 5) is 1.81. The summed E-state index contributed by atoms with van der Waals surface area (Å²) in [5.74, 6) is 0. The molecule has 4 nitrogen and oxygen atoms in total. The second kappa shape index (κ2) is 5.38. The third-order valence-electron chi connectivity index (χ3n) is 3.46. The van der Waals surface area contributed by atoms with E-state index in [0.717, 1.165) is 25.1 Å². The SMILES string of the molecule is Cc1ccc(S(=O)(=O)N2CCC[NH+](C)CC2)cc1. The van der Waals surface area contributed by atoms with E-state index in [9.17, 15) is 8.42 Å². The summed E-state index contributed by atoms with van der Waals surface area (Å²) in [5, 5.41) is 0. The number of benzene rings is 1. The molecular weight excluding hydrogens is 248 g/mol. The van der Waals surface area contributed by atoms with Crippen molar-refractivity contribution >= 4 is 10.0 Å². The number of hydrogen-bond donors (Lipinski definition) is 1. The quantitative estimate of drug-likeness (QED) is 0.815. The largest absolute Gasteiger partial charge is 0.336 e. The average Bonchev–Trinajstić information content (AvgIpc) is 2.55. The molecule has 1 aliphatic rings. The molecular formula is C13H21N2O2S+. The average molecular weight is 269 g/mol. The molecule has 1 N–H and O–H groups in total. The van der Waals surface area contributed by atoms with Crippen LogP contribution in [0.1, 0.15) is 12.0 Å². The van der Waals surface area contributed by atoms with Gasteiger partial charge in [0, 0.05) is 13.0 Å². The van der Waals surface area contributed by atoms with Crippen LogP contribution in [0.2, 0.25) is 0 Å². The second-order valence-electron chi connectivity index (χ2n) is 5.03. The van der Waals surface area contributed by atoms with Crippen molar-refractivity contribution in [2.75, 3.05) is 33.2 Å². The highest BCUT2D eigenvalue weighted by Gasteiger charge is 2.26. The molecule has 2 rings (SSSR count). The van der Waals surface area contributed by atoms with E-state index in [1.807, 2.05) is 19.1 Å². The van der Waals surface area contributed by atoms with Crippen molar-refractivity contribution in [1.29, 1.82) is 0 Å². The zero-order valence-corrected chi connectivity index (χ0v) is 11.8. The first kappa shape index (κ1) is 13.5. The fourth-order valence-electron chi connectivity index (χ4n) is 2.21. The number of rotatable bonds is 2. The Bertz CT molecular complexity index is 496. The minimum atomic E-state index is -3.31. The zero-order chi connectivity index (χ0) is 13.2. The lowest BCUT2D eigenvalue weighted by atomic mass is 10.2. The Morgan fingerprint density at radius 1 is 1.11 bits per heavy atom. The standard InChI is InChI=1S/C13H20N2O2S/c1-12-4-6-13(7-5-12)18(16,17)15-9-3-8-14(2)10-11-15/h4-7H,3,8-11H2,1-2H3/p+1. The van der Waals surface area contributed by atoms with Gasteiger partial charge in [-0.1, -0.05) is 17.7 Å². The van der Waals surface area contributed by atoms with E-state index in [0.29, 0.717) is 18.0 Å². The van der Waals surface area contributed by atoms with Gasteiger partial charge in [0.2, 0.25) is 10.0 Å². The van der Waals surface area contributed by atoms with Crippen molar-refractivity contribution < 1.29 is 13.3 Å². The molecule has 0 aliphatic carbocycles. The summed E-state index contributed by atoms with van der Waals surface area (Å²) in [7, 11) is -1.19. The van der Waals surface area contributed by atoms with Gasteiger partial charge in [-0.15, -0.1) is 0 Å². The van der Waals surface area contributed by atoms with Crippen LogP contribution in [0, 0.1) is 6.92 Å². The third kappa shape index (κ3) is 2.91. The molecule has 0 aromatic heterocycles. The molecule has 1 aromatic carbocycles. The van der Waals surface area contributed by atoms with Gasteiger partial charge in [-0.25, -0.2) is 8.42 Å². The molecule has 1 heterocycles. The Morgan fingerprint density at radius 2 is 1.78 bits per heavy atom. The van der Waals surface area contributed by atoms with Crippen LogP contribution in [0.4, 0.5) is 0 Å². The van der Waals surface area contributed by atoms with Gasteiger partial charge in [0.15, 0.2) is 0 Å². The van der Waals surface area contributed by atoms with Gasteiger partial charge in [-0.3, -0.25) is 0 Å². The van der Waals surface area contributed by atoms with Crippen LogP contribution in [0.3, 0.4) is 0 Å². The predicted molar refractivity (Wildman–Crippen MR) is 71.2 cm³/mol. The smallest absolute Gasteiger partial charge is 0.243 e. The third-order valence-corrected chi connectivity index (χ3v) is 5.37. The number of nitrogens with zero attached hydrogens (tertiary/aromatic N) is 1. The molecule has 0 bridgehead atoms. The maximum absolute atomic E-state index is 12.5. The molecule has 1 fully saturated rings. The van der Waals surface area contributed by atoms with E-state index in [-0.39, 0.29) is 0 Å². The lowest BCUT2D eigenvalue weighted by molar-refractivity contribution is -0.877. The van der Waals surface area contributed by atoms with Crippen LogP contribution in [-0.2, 0) is 10.0 Å². The monoisotopic (exact) mass is 269 g/mol. The Labute approximate surface area is 109 Å². The van der Waals surface area contributed by atoms with Crippen LogP contribution in [0.5, 0.6) is 0 Å². The Balaban J connectivity index is 2.22. The van der Waals surface area contributed by atoms with Crippen LogP contribution in [-0.4, -0.2) is 45.9 Å². The van der Waals surface area contributed by atoms with Crippen LogP contribution in [0.15, 0.2) is 29.2 Å². The van der Waals surface area contributed by atoms with Crippen molar-refractivity contribution in [1.82, 2.24) is 4.31 Å². The molecule has 18 heavy (non-hydrogen) atoms. The van der Waals surface area contributed by atoms with E-state index in [4.69, 9.17) is 0 Å². The first-order valence-corrected chi connectivity index (χ1v) is 7.82.